The van der Waals surface area contributed by atoms with E-state index in [1.165, 1.54) is 6.92 Å². The first kappa shape index (κ1) is 20.8. The van der Waals surface area contributed by atoms with Crippen molar-refractivity contribution in [1.82, 2.24) is 15.0 Å². The second-order valence-corrected chi connectivity index (χ2v) is 7.79. The fourth-order valence-corrected chi connectivity index (χ4v) is 3.35. The zero-order valence-electron chi connectivity index (χ0n) is 16.9. The van der Waals surface area contributed by atoms with Gasteiger partial charge in [-0.15, -0.1) is 0 Å². The SMILES string of the molecule is CC(=O)N(CC(C)C)c1ccnc(NC(C)c2cc3cccc(Cl)c3[nH]c2=O)n1. The van der Waals surface area contributed by atoms with Crippen molar-refractivity contribution in [2.45, 2.75) is 33.7 Å². The number of hydrogen-bond donors (Lipinski definition) is 2. The third-order valence-corrected chi connectivity index (χ3v) is 4.83. The Morgan fingerprint density at radius 2 is 2.03 bits per heavy atom. The lowest BCUT2D eigenvalue weighted by atomic mass is 10.1. The third-order valence-electron chi connectivity index (χ3n) is 4.51. The van der Waals surface area contributed by atoms with Crippen molar-refractivity contribution in [2.24, 2.45) is 5.92 Å². The van der Waals surface area contributed by atoms with E-state index in [4.69, 9.17) is 11.6 Å². The highest BCUT2D eigenvalue weighted by Crippen LogP contribution is 2.23. The summed E-state index contributed by atoms with van der Waals surface area (Å²) < 4.78 is 0. The zero-order chi connectivity index (χ0) is 21.1. The average molecular weight is 414 g/mol. The summed E-state index contributed by atoms with van der Waals surface area (Å²) in [5.41, 5.74) is 0.922. The number of nitrogens with zero attached hydrogens (tertiary/aromatic N) is 3. The molecule has 3 aromatic rings. The highest BCUT2D eigenvalue weighted by Gasteiger charge is 2.17. The number of anilines is 2. The minimum Gasteiger partial charge on any atom is -0.347 e. The van der Waals surface area contributed by atoms with Gasteiger partial charge in [-0.3, -0.25) is 14.5 Å². The number of H-pyrrole nitrogens is 1. The number of fused-ring (bicyclic) bond motifs is 1. The van der Waals surface area contributed by atoms with Crippen molar-refractivity contribution < 1.29 is 4.79 Å². The van der Waals surface area contributed by atoms with Crippen LogP contribution in [0, 0.1) is 5.92 Å². The molecule has 0 fully saturated rings. The second kappa shape index (κ2) is 8.61. The number of para-hydroxylation sites is 1. The van der Waals surface area contributed by atoms with E-state index in [-0.39, 0.29) is 17.5 Å². The predicted octanol–water partition coefficient (Wildman–Crippen LogP) is 4.15. The predicted molar refractivity (Wildman–Crippen MR) is 117 cm³/mol. The summed E-state index contributed by atoms with van der Waals surface area (Å²) in [5.74, 6) is 1.08. The molecule has 0 aliphatic heterocycles. The number of carbonyl (C=O) groups is 1. The van der Waals surface area contributed by atoms with Gasteiger partial charge in [0.1, 0.15) is 5.82 Å². The summed E-state index contributed by atoms with van der Waals surface area (Å²) in [6, 6.07) is 8.61. The van der Waals surface area contributed by atoms with Crippen LogP contribution in [0.5, 0.6) is 0 Å². The van der Waals surface area contributed by atoms with Gasteiger partial charge >= 0.3 is 0 Å². The van der Waals surface area contributed by atoms with E-state index in [2.05, 4.69) is 20.3 Å². The number of rotatable bonds is 6. The van der Waals surface area contributed by atoms with E-state index in [9.17, 15) is 9.59 Å². The van der Waals surface area contributed by atoms with Crippen molar-refractivity contribution in [3.8, 4) is 0 Å². The van der Waals surface area contributed by atoms with Gasteiger partial charge in [-0.05, 0) is 31.0 Å². The first-order valence-electron chi connectivity index (χ1n) is 9.45. The van der Waals surface area contributed by atoms with E-state index in [1.807, 2.05) is 39.0 Å². The van der Waals surface area contributed by atoms with Gasteiger partial charge in [0.2, 0.25) is 11.9 Å². The number of aromatic nitrogens is 3. The Labute approximate surface area is 174 Å². The maximum absolute atomic E-state index is 12.6. The number of amides is 1. The molecule has 1 amide bonds. The van der Waals surface area contributed by atoms with Crippen LogP contribution in [0.2, 0.25) is 5.02 Å². The maximum Gasteiger partial charge on any atom is 0.253 e. The topological polar surface area (TPSA) is 91.0 Å². The molecule has 2 N–H and O–H groups in total. The molecule has 0 aliphatic rings. The molecule has 0 saturated carbocycles. The van der Waals surface area contributed by atoms with Gasteiger partial charge in [0, 0.05) is 30.6 Å². The third kappa shape index (κ3) is 4.74. The zero-order valence-corrected chi connectivity index (χ0v) is 17.6. The second-order valence-electron chi connectivity index (χ2n) is 7.39. The molecule has 1 aromatic carbocycles. The molecule has 7 nitrogen and oxygen atoms in total. The lowest BCUT2D eigenvalue weighted by Gasteiger charge is -2.23. The summed E-state index contributed by atoms with van der Waals surface area (Å²) in [5, 5.41) is 4.49. The number of halogens is 1. The molecule has 8 heteroatoms. The van der Waals surface area contributed by atoms with Crippen LogP contribution in [0.1, 0.15) is 39.3 Å². The van der Waals surface area contributed by atoms with Crippen LogP contribution < -0.4 is 15.8 Å². The van der Waals surface area contributed by atoms with Crippen molar-refractivity contribution in [1.29, 1.82) is 0 Å². The molecule has 0 spiro atoms. The molecule has 1 unspecified atom stereocenters. The Morgan fingerprint density at radius 1 is 1.28 bits per heavy atom. The smallest absolute Gasteiger partial charge is 0.253 e. The van der Waals surface area contributed by atoms with Gasteiger partial charge in [-0.2, -0.15) is 4.98 Å². The monoisotopic (exact) mass is 413 g/mol. The number of pyridine rings is 1. The minimum atomic E-state index is -0.353. The van der Waals surface area contributed by atoms with E-state index in [1.54, 1.807) is 23.2 Å². The van der Waals surface area contributed by atoms with E-state index in [0.29, 0.717) is 40.3 Å². The molecule has 1 atom stereocenters. The molecular formula is C21H24ClN5O2. The summed E-state index contributed by atoms with van der Waals surface area (Å²) in [4.78, 5) is 37.7. The largest absolute Gasteiger partial charge is 0.347 e. The number of nitrogens with one attached hydrogen (secondary N) is 2. The van der Waals surface area contributed by atoms with Crippen LogP contribution in [-0.2, 0) is 4.79 Å². The Bertz CT molecular complexity index is 1100. The summed E-state index contributed by atoms with van der Waals surface area (Å²) in [6.07, 6.45) is 1.60. The van der Waals surface area contributed by atoms with Crippen LogP contribution >= 0.6 is 11.6 Å². The molecule has 0 radical (unpaired) electrons. The molecule has 0 bridgehead atoms. The Kier molecular flexibility index (Phi) is 6.17. The van der Waals surface area contributed by atoms with Gasteiger partial charge in [-0.1, -0.05) is 37.6 Å². The van der Waals surface area contributed by atoms with Crippen molar-refractivity contribution in [2.75, 3.05) is 16.8 Å². The fraction of sp³-hybridized carbons (Fsp3) is 0.333. The molecular weight excluding hydrogens is 390 g/mol. The summed E-state index contributed by atoms with van der Waals surface area (Å²) >= 11 is 6.16. The standard InChI is InChI=1S/C21H24ClN5O2/c1-12(2)11-27(14(4)28)18-8-9-23-21(25-18)24-13(3)16-10-15-6-5-7-17(22)19(15)26-20(16)29/h5-10,12-13H,11H2,1-4H3,(H,26,29)(H,23,24,25). The number of benzene rings is 1. The van der Waals surface area contributed by atoms with Crippen LogP contribution in [0.25, 0.3) is 10.9 Å². The Morgan fingerprint density at radius 3 is 2.72 bits per heavy atom. The molecule has 29 heavy (non-hydrogen) atoms. The van der Waals surface area contributed by atoms with Crippen molar-refractivity contribution in [3.63, 3.8) is 0 Å². The molecule has 2 aromatic heterocycles. The Hall–Kier alpha value is -2.93. The van der Waals surface area contributed by atoms with Crippen LogP contribution in [0.15, 0.2) is 41.3 Å². The van der Waals surface area contributed by atoms with E-state index in [0.717, 1.165) is 5.39 Å². The molecule has 0 aliphatic carbocycles. The van der Waals surface area contributed by atoms with Crippen LogP contribution in [0.4, 0.5) is 11.8 Å². The van der Waals surface area contributed by atoms with Gasteiger partial charge in [-0.25, -0.2) is 4.98 Å². The normalized spacial score (nSPS) is 12.2. The highest BCUT2D eigenvalue weighted by atomic mass is 35.5. The molecule has 3 rings (SSSR count). The first-order valence-corrected chi connectivity index (χ1v) is 9.83. The quantitative estimate of drug-likeness (QED) is 0.633. The van der Waals surface area contributed by atoms with E-state index < -0.39 is 0 Å². The first-order chi connectivity index (χ1) is 13.8. The maximum atomic E-state index is 12.6. The van der Waals surface area contributed by atoms with Gasteiger partial charge in [0.15, 0.2) is 0 Å². The fourth-order valence-electron chi connectivity index (χ4n) is 3.12. The van der Waals surface area contributed by atoms with Gasteiger partial charge in [0.05, 0.1) is 16.6 Å². The molecule has 152 valence electrons. The van der Waals surface area contributed by atoms with Crippen molar-refractivity contribution in [3.05, 3.63) is 57.5 Å². The Balaban J connectivity index is 1.89. The minimum absolute atomic E-state index is 0.0840. The molecule has 2 heterocycles. The average Bonchev–Trinajstić information content (AvgIpc) is 2.66. The van der Waals surface area contributed by atoms with Gasteiger partial charge < -0.3 is 10.3 Å². The molecule has 0 saturated heterocycles. The van der Waals surface area contributed by atoms with Crippen molar-refractivity contribution >= 4 is 40.2 Å². The summed E-state index contributed by atoms with van der Waals surface area (Å²) in [7, 11) is 0. The lowest BCUT2D eigenvalue weighted by molar-refractivity contribution is -0.116. The van der Waals surface area contributed by atoms with Crippen LogP contribution in [-0.4, -0.2) is 27.4 Å². The highest BCUT2D eigenvalue weighted by molar-refractivity contribution is 6.35. The van der Waals surface area contributed by atoms with Gasteiger partial charge in [0.25, 0.3) is 5.56 Å². The lowest BCUT2D eigenvalue weighted by Crippen LogP contribution is -2.33. The van der Waals surface area contributed by atoms with Crippen LogP contribution in [0.3, 0.4) is 0 Å². The number of carbonyl (C=O) groups excluding carboxylic acids is 1. The summed E-state index contributed by atoms with van der Waals surface area (Å²) in [6.45, 7) is 8.01. The van der Waals surface area contributed by atoms with E-state index >= 15 is 0 Å². The number of hydrogen-bond acceptors (Lipinski definition) is 5. The number of aromatic amines is 1.